The quantitative estimate of drug-likeness (QED) is 0.795. The summed E-state index contributed by atoms with van der Waals surface area (Å²) in [7, 11) is 1.76. The Morgan fingerprint density at radius 1 is 1.31 bits per heavy atom. The molecule has 0 radical (unpaired) electrons. The number of urea groups is 1. The second-order valence-corrected chi connectivity index (χ2v) is 3.61. The monoisotopic (exact) mass is 221 g/mol. The largest absolute Gasteiger partial charge is 0.399 e. The molecule has 16 heavy (non-hydrogen) atoms. The Morgan fingerprint density at radius 2 is 1.94 bits per heavy atom. The van der Waals surface area contributed by atoms with E-state index in [0.29, 0.717) is 18.8 Å². The number of rotatable bonds is 3. The van der Waals surface area contributed by atoms with E-state index in [0.717, 1.165) is 5.69 Å². The Hall–Kier alpha value is -1.71. The van der Waals surface area contributed by atoms with E-state index in [4.69, 9.17) is 5.73 Å². The highest BCUT2D eigenvalue weighted by Crippen LogP contribution is 2.17. The number of hydrogen-bond donors (Lipinski definition) is 1. The molecule has 1 aromatic rings. The third-order valence-electron chi connectivity index (χ3n) is 2.58. The number of nitrogen functional groups attached to an aromatic ring is 1. The summed E-state index contributed by atoms with van der Waals surface area (Å²) in [5.41, 5.74) is 7.17. The van der Waals surface area contributed by atoms with Crippen molar-refractivity contribution in [3.8, 4) is 0 Å². The molecule has 88 valence electrons. The zero-order valence-corrected chi connectivity index (χ0v) is 10.1. The molecule has 0 fully saturated rings. The molecule has 0 unspecified atom stereocenters. The summed E-state index contributed by atoms with van der Waals surface area (Å²) in [4.78, 5) is 15.4. The molecule has 0 spiro atoms. The summed E-state index contributed by atoms with van der Waals surface area (Å²) < 4.78 is 0. The van der Waals surface area contributed by atoms with Crippen molar-refractivity contribution in [3.63, 3.8) is 0 Å². The minimum Gasteiger partial charge on any atom is -0.399 e. The molecule has 2 N–H and O–H groups in total. The lowest BCUT2D eigenvalue weighted by Crippen LogP contribution is -2.41. The van der Waals surface area contributed by atoms with E-state index >= 15 is 0 Å². The highest BCUT2D eigenvalue weighted by atomic mass is 16.2. The number of hydrogen-bond acceptors (Lipinski definition) is 2. The van der Waals surface area contributed by atoms with Crippen molar-refractivity contribution in [2.75, 3.05) is 30.8 Å². The van der Waals surface area contributed by atoms with Crippen molar-refractivity contribution >= 4 is 17.4 Å². The van der Waals surface area contributed by atoms with E-state index in [9.17, 15) is 4.79 Å². The Bertz CT molecular complexity index is 361. The van der Waals surface area contributed by atoms with Crippen LogP contribution in [0.25, 0.3) is 0 Å². The molecule has 0 aliphatic rings. The second kappa shape index (κ2) is 5.39. The van der Waals surface area contributed by atoms with E-state index in [1.165, 1.54) is 0 Å². The maximum Gasteiger partial charge on any atom is 0.324 e. The highest BCUT2D eigenvalue weighted by Gasteiger charge is 2.15. The van der Waals surface area contributed by atoms with Gasteiger partial charge >= 0.3 is 6.03 Å². The number of benzene rings is 1. The summed E-state index contributed by atoms with van der Waals surface area (Å²) in [5.74, 6) is 0. The van der Waals surface area contributed by atoms with Crippen LogP contribution in [0.1, 0.15) is 13.8 Å². The number of amides is 2. The average Bonchev–Trinajstić information content (AvgIpc) is 2.29. The lowest BCUT2D eigenvalue weighted by Gasteiger charge is -2.26. The molecule has 0 aromatic heterocycles. The maximum atomic E-state index is 12.0. The summed E-state index contributed by atoms with van der Waals surface area (Å²) in [5, 5.41) is 0. The number of nitrogens with two attached hydrogens (primary N) is 1. The van der Waals surface area contributed by atoms with Crippen molar-refractivity contribution in [1.29, 1.82) is 0 Å². The standard InChI is InChI=1S/C12H19N3O/c1-4-15(5-2)12(16)14(3)11-8-6-7-10(13)9-11/h6-9H,4-5,13H2,1-3H3. The zero-order chi connectivity index (χ0) is 12.1. The van der Waals surface area contributed by atoms with Gasteiger partial charge in [0.15, 0.2) is 0 Å². The first-order valence-electron chi connectivity index (χ1n) is 5.48. The first-order valence-corrected chi connectivity index (χ1v) is 5.48. The van der Waals surface area contributed by atoms with Gasteiger partial charge in [-0.1, -0.05) is 6.07 Å². The molecule has 1 rings (SSSR count). The number of carbonyl (C=O) groups is 1. The van der Waals surface area contributed by atoms with Gasteiger partial charge in [-0.2, -0.15) is 0 Å². The van der Waals surface area contributed by atoms with E-state index < -0.39 is 0 Å². The molecular weight excluding hydrogens is 202 g/mol. The van der Waals surface area contributed by atoms with Gasteiger partial charge < -0.3 is 10.6 Å². The average molecular weight is 221 g/mol. The van der Waals surface area contributed by atoms with E-state index in [1.54, 1.807) is 29.0 Å². The van der Waals surface area contributed by atoms with E-state index in [1.807, 2.05) is 26.0 Å². The van der Waals surface area contributed by atoms with Gasteiger partial charge in [0.05, 0.1) is 0 Å². The van der Waals surface area contributed by atoms with E-state index in [2.05, 4.69) is 0 Å². The van der Waals surface area contributed by atoms with Crippen LogP contribution in [0, 0.1) is 0 Å². The van der Waals surface area contributed by atoms with Crippen LogP contribution in [-0.4, -0.2) is 31.1 Å². The molecular formula is C12H19N3O. The van der Waals surface area contributed by atoms with Gasteiger partial charge in [-0.25, -0.2) is 4.79 Å². The number of anilines is 2. The molecule has 0 aliphatic carbocycles. The molecule has 0 aliphatic heterocycles. The third kappa shape index (κ3) is 2.66. The van der Waals surface area contributed by atoms with Crippen LogP contribution in [0.15, 0.2) is 24.3 Å². The van der Waals surface area contributed by atoms with Crippen LogP contribution in [0.4, 0.5) is 16.2 Å². The van der Waals surface area contributed by atoms with Crippen LogP contribution < -0.4 is 10.6 Å². The first kappa shape index (κ1) is 12.4. The Balaban J connectivity index is 2.85. The zero-order valence-electron chi connectivity index (χ0n) is 10.1. The summed E-state index contributed by atoms with van der Waals surface area (Å²) in [6.45, 7) is 5.35. The molecule has 2 amide bonds. The summed E-state index contributed by atoms with van der Waals surface area (Å²) >= 11 is 0. The van der Waals surface area contributed by atoms with Crippen LogP contribution in [0.2, 0.25) is 0 Å². The molecule has 1 aromatic carbocycles. The van der Waals surface area contributed by atoms with Crippen LogP contribution in [0.3, 0.4) is 0 Å². The normalized spacial score (nSPS) is 9.94. The van der Waals surface area contributed by atoms with Crippen molar-refractivity contribution in [1.82, 2.24) is 4.90 Å². The lowest BCUT2D eigenvalue weighted by molar-refractivity contribution is 0.211. The number of nitrogens with zero attached hydrogens (tertiary/aromatic N) is 2. The van der Waals surface area contributed by atoms with Crippen LogP contribution in [0.5, 0.6) is 0 Å². The fourth-order valence-electron chi connectivity index (χ4n) is 1.55. The fraction of sp³-hybridized carbons (Fsp3) is 0.417. The van der Waals surface area contributed by atoms with Crippen molar-refractivity contribution < 1.29 is 4.79 Å². The second-order valence-electron chi connectivity index (χ2n) is 3.61. The van der Waals surface area contributed by atoms with Gasteiger partial charge in [0.25, 0.3) is 0 Å². The Kier molecular flexibility index (Phi) is 4.17. The molecule has 0 saturated carbocycles. The van der Waals surface area contributed by atoms with Crippen molar-refractivity contribution in [3.05, 3.63) is 24.3 Å². The van der Waals surface area contributed by atoms with Crippen LogP contribution >= 0.6 is 0 Å². The van der Waals surface area contributed by atoms with Gasteiger partial charge in [-0.05, 0) is 32.0 Å². The van der Waals surface area contributed by atoms with Crippen LogP contribution in [-0.2, 0) is 0 Å². The number of carbonyl (C=O) groups excluding carboxylic acids is 1. The molecule has 4 heteroatoms. The van der Waals surface area contributed by atoms with Crippen molar-refractivity contribution in [2.45, 2.75) is 13.8 Å². The molecule has 4 nitrogen and oxygen atoms in total. The molecule has 0 atom stereocenters. The third-order valence-corrected chi connectivity index (χ3v) is 2.58. The van der Waals surface area contributed by atoms with Gasteiger partial charge in [-0.3, -0.25) is 4.90 Å². The SMILES string of the molecule is CCN(CC)C(=O)N(C)c1cccc(N)c1. The molecule has 0 heterocycles. The molecule has 0 bridgehead atoms. The topological polar surface area (TPSA) is 49.6 Å². The van der Waals surface area contributed by atoms with Gasteiger partial charge in [-0.15, -0.1) is 0 Å². The van der Waals surface area contributed by atoms with Gasteiger partial charge in [0, 0.05) is 31.5 Å². The fourth-order valence-corrected chi connectivity index (χ4v) is 1.55. The summed E-state index contributed by atoms with van der Waals surface area (Å²) in [6.07, 6.45) is 0. The van der Waals surface area contributed by atoms with E-state index in [-0.39, 0.29) is 6.03 Å². The minimum atomic E-state index is -0.00407. The predicted molar refractivity (Wildman–Crippen MR) is 67.6 cm³/mol. The first-order chi connectivity index (χ1) is 7.60. The maximum absolute atomic E-state index is 12.0. The predicted octanol–water partition coefficient (Wildman–Crippen LogP) is 2.17. The van der Waals surface area contributed by atoms with Crippen molar-refractivity contribution in [2.24, 2.45) is 0 Å². The Labute approximate surface area is 96.6 Å². The molecule has 0 saturated heterocycles. The minimum absolute atomic E-state index is 0.00407. The highest BCUT2D eigenvalue weighted by molar-refractivity contribution is 5.91. The lowest BCUT2D eigenvalue weighted by atomic mass is 10.2. The Morgan fingerprint density at radius 3 is 2.44 bits per heavy atom. The van der Waals surface area contributed by atoms with Gasteiger partial charge in [0.1, 0.15) is 0 Å². The summed E-state index contributed by atoms with van der Waals surface area (Å²) in [6, 6.07) is 7.31. The smallest absolute Gasteiger partial charge is 0.324 e. The van der Waals surface area contributed by atoms with Gasteiger partial charge in [0.2, 0.25) is 0 Å².